The monoisotopic (exact) mass is 347 g/mol. The van der Waals surface area contributed by atoms with Gasteiger partial charge in [0.1, 0.15) is 6.54 Å². The van der Waals surface area contributed by atoms with Crippen LogP contribution in [0.15, 0.2) is 24.3 Å². The third-order valence-corrected chi connectivity index (χ3v) is 4.27. The second-order valence-corrected chi connectivity index (χ2v) is 6.47. The number of anilines is 1. The van der Waals surface area contributed by atoms with Gasteiger partial charge < -0.3 is 15.4 Å². The molecule has 0 bridgehead atoms. The molecule has 2 N–H and O–H groups in total. The second kappa shape index (κ2) is 8.44. The quantitative estimate of drug-likeness (QED) is 0.839. The van der Waals surface area contributed by atoms with Crippen molar-refractivity contribution >= 4 is 28.5 Å². The van der Waals surface area contributed by atoms with Gasteiger partial charge in [-0.15, -0.1) is 11.3 Å². The molecule has 24 heavy (non-hydrogen) atoms. The fraction of sp³-hybridized carbons (Fsp3) is 0.353. The molecule has 0 aliphatic heterocycles. The first-order chi connectivity index (χ1) is 11.5. The molecule has 1 aromatic carbocycles. The van der Waals surface area contributed by atoms with Gasteiger partial charge in [0.15, 0.2) is 5.13 Å². The molecule has 0 spiro atoms. The van der Waals surface area contributed by atoms with Crippen LogP contribution in [0.5, 0.6) is 0 Å². The van der Waals surface area contributed by atoms with E-state index in [4.69, 9.17) is 0 Å². The van der Waals surface area contributed by atoms with Gasteiger partial charge in [0.05, 0.1) is 12.8 Å². The molecule has 0 saturated carbocycles. The predicted octanol–water partition coefficient (Wildman–Crippen LogP) is 3.37. The third kappa shape index (κ3) is 4.79. The van der Waals surface area contributed by atoms with Crippen LogP contribution in [0, 0.1) is 6.92 Å². The molecule has 1 heterocycles. The zero-order valence-electron chi connectivity index (χ0n) is 14.0. The Morgan fingerprint density at radius 3 is 2.58 bits per heavy atom. The number of alkyl carbamates (subject to hydrolysis) is 1. The molecule has 0 fully saturated rings. The Morgan fingerprint density at radius 1 is 1.25 bits per heavy atom. The van der Waals surface area contributed by atoms with Crippen LogP contribution in [0.2, 0.25) is 0 Å². The van der Waals surface area contributed by atoms with Crippen molar-refractivity contribution in [1.29, 1.82) is 0 Å². The van der Waals surface area contributed by atoms with Crippen LogP contribution in [-0.2, 0) is 16.0 Å². The lowest BCUT2D eigenvalue weighted by molar-refractivity contribution is -0.115. The van der Waals surface area contributed by atoms with Gasteiger partial charge in [-0.05, 0) is 18.9 Å². The molecule has 1 aromatic heterocycles. The van der Waals surface area contributed by atoms with Crippen molar-refractivity contribution in [3.63, 3.8) is 0 Å². The van der Waals surface area contributed by atoms with E-state index < -0.39 is 6.09 Å². The van der Waals surface area contributed by atoms with E-state index in [1.807, 2.05) is 6.92 Å². The Labute approximate surface area is 145 Å². The van der Waals surface area contributed by atoms with Gasteiger partial charge in [-0.25, -0.2) is 9.78 Å². The van der Waals surface area contributed by atoms with Gasteiger partial charge in [-0.1, -0.05) is 37.6 Å². The van der Waals surface area contributed by atoms with E-state index in [2.05, 4.69) is 51.5 Å². The van der Waals surface area contributed by atoms with Crippen LogP contribution in [0.1, 0.15) is 23.8 Å². The number of aryl methyl sites for hydroxylation is 2. The number of aromatic nitrogens is 1. The normalized spacial score (nSPS) is 10.3. The summed E-state index contributed by atoms with van der Waals surface area (Å²) in [6, 6.07) is 8.32. The standard InChI is InChI=1S/C17H21N3O3S/c1-4-5-12-6-8-13(9-7-12)15-11(2)24-16(20-15)19-14(21)10-18-17(22)23-3/h6-9H,4-5,10H2,1-3H3,(H,18,22)(H,19,20,21). The summed E-state index contributed by atoms with van der Waals surface area (Å²) in [5.41, 5.74) is 3.19. The van der Waals surface area contributed by atoms with Crippen molar-refractivity contribution in [3.8, 4) is 11.3 Å². The molecule has 6 nitrogen and oxygen atoms in total. The third-order valence-electron chi connectivity index (χ3n) is 3.39. The van der Waals surface area contributed by atoms with E-state index in [-0.39, 0.29) is 12.5 Å². The molecular formula is C17H21N3O3S. The number of nitrogens with zero attached hydrogens (tertiary/aromatic N) is 1. The molecule has 0 atom stereocenters. The molecule has 2 aromatic rings. The number of methoxy groups -OCH3 is 1. The van der Waals surface area contributed by atoms with E-state index in [0.717, 1.165) is 29.0 Å². The van der Waals surface area contributed by atoms with Gasteiger partial charge in [-0.3, -0.25) is 4.79 Å². The number of ether oxygens (including phenoxy) is 1. The highest BCUT2D eigenvalue weighted by atomic mass is 32.1. The number of nitrogens with one attached hydrogen (secondary N) is 2. The summed E-state index contributed by atoms with van der Waals surface area (Å²) in [7, 11) is 1.25. The number of amides is 2. The predicted molar refractivity (Wildman–Crippen MR) is 95.3 cm³/mol. The summed E-state index contributed by atoms with van der Waals surface area (Å²) < 4.78 is 4.42. The van der Waals surface area contributed by atoms with Crippen LogP contribution in [0.4, 0.5) is 9.93 Å². The number of carbonyl (C=O) groups is 2. The average molecular weight is 347 g/mol. The number of carbonyl (C=O) groups excluding carboxylic acids is 2. The van der Waals surface area contributed by atoms with Gasteiger partial charge in [0.25, 0.3) is 0 Å². The molecule has 0 aliphatic rings. The van der Waals surface area contributed by atoms with Gasteiger partial charge in [0, 0.05) is 10.4 Å². The van der Waals surface area contributed by atoms with Crippen molar-refractivity contribution in [3.05, 3.63) is 34.7 Å². The lowest BCUT2D eigenvalue weighted by atomic mass is 10.1. The fourth-order valence-electron chi connectivity index (χ4n) is 2.22. The molecule has 2 amide bonds. The van der Waals surface area contributed by atoms with E-state index in [0.29, 0.717) is 5.13 Å². The molecule has 2 rings (SSSR count). The van der Waals surface area contributed by atoms with Crippen molar-refractivity contribution in [2.45, 2.75) is 26.7 Å². The van der Waals surface area contributed by atoms with Gasteiger partial charge in [0.2, 0.25) is 5.91 Å². The Bertz CT molecular complexity index is 710. The molecule has 0 aliphatic carbocycles. The van der Waals surface area contributed by atoms with Gasteiger partial charge in [-0.2, -0.15) is 0 Å². The zero-order valence-corrected chi connectivity index (χ0v) is 14.8. The van der Waals surface area contributed by atoms with E-state index in [1.165, 1.54) is 24.0 Å². The summed E-state index contributed by atoms with van der Waals surface area (Å²) >= 11 is 1.40. The lowest BCUT2D eigenvalue weighted by Gasteiger charge is -2.03. The Hall–Kier alpha value is -2.41. The highest BCUT2D eigenvalue weighted by Crippen LogP contribution is 2.30. The molecule has 7 heteroatoms. The van der Waals surface area contributed by atoms with Crippen LogP contribution < -0.4 is 10.6 Å². The van der Waals surface area contributed by atoms with Crippen LogP contribution in [0.25, 0.3) is 11.3 Å². The van der Waals surface area contributed by atoms with Crippen molar-refractivity contribution in [1.82, 2.24) is 10.3 Å². The fourth-order valence-corrected chi connectivity index (χ4v) is 3.08. The zero-order chi connectivity index (χ0) is 17.5. The highest BCUT2D eigenvalue weighted by Gasteiger charge is 2.12. The smallest absolute Gasteiger partial charge is 0.407 e. The summed E-state index contributed by atoms with van der Waals surface area (Å²) in [4.78, 5) is 28.3. The molecule has 0 saturated heterocycles. The number of rotatable bonds is 6. The highest BCUT2D eigenvalue weighted by molar-refractivity contribution is 7.16. The molecule has 0 radical (unpaired) electrons. The molecule has 0 unspecified atom stereocenters. The average Bonchev–Trinajstić information content (AvgIpc) is 2.94. The maximum absolute atomic E-state index is 11.8. The minimum Gasteiger partial charge on any atom is -0.453 e. The number of thiazole rings is 1. The Balaban J connectivity index is 2.04. The largest absolute Gasteiger partial charge is 0.453 e. The van der Waals surface area contributed by atoms with Gasteiger partial charge >= 0.3 is 6.09 Å². The van der Waals surface area contributed by atoms with Crippen molar-refractivity contribution in [2.75, 3.05) is 19.0 Å². The first-order valence-corrected chi connectivity index (χ1v) is 8.53. The number of benzene rings is 1. The maximum atomic E-state index is 11.8. The Morgan fingerprint density at radius 2 is 1.96 bits per heavy atom. The van der Waals surface area contributed by atoms with E-state index >= 15 is 0 Å². The first-order valence-electron chi connectivity index (χ1n) is 7.72. The number of hydrogen-bond acceptors (Lipinski definition) is 5. The van der Waals surface area contributed by atoms with E-state index in [1.54, 1.807) is 0 Å². The maximum Gasteiger partial charge on any atom is 0.407 e. The first kappa shape index (κ1) is 17.9. The lowest BCUT2D eigenvalue weighted by Crippen LogP contribution is -2.32. The van der Waals surface area contributed by atoms with Crippen LogP contribution >= 0.6 is 11.3 Å². The van der Waals surface area contributed by atoms with Crippen LogP contribution in [-0.4, -0.2) is 30.6 Å². The molecular weight excluding hydrogens is 326 g/mol. The second-order valence-electron chi connectivity index (χ2n) is 5.26. The SMILES string of the molecule is CCCc1ccc(-c2nc(NC(=O)CNC(=O)OC)sc2C)cc1. The van der Waals surface area contributed by atoms with Crippen LogP contribution in [0.3, 0.4) is 0 Å². The topological polar surface area (TPSA) is 80.3 Å². The van der Waals surface area contributed by atoms with E-state index in [9.17, 15) is 9.59 Å². The summed E-state index contributed by atoms with van der Waals surface area (Å²) in [6.45, 7) is 3.96. The summed E-state index contributed by atoms with van der Waals surface area (Å²) in [5.74, 6) is -0.348. The van der Waals surface area contributed by atoms with Crippen molar-refractivity contribution < 1.29 is 14.3 Å². The number of hydrogen-bond donors (Lipinski definition) is 2. The minimum atomic E-state index is -0.645. The summed E-state index contributed by atoms with van der Waals surface area (Å²) in [6.07, 6.45) is 1.53. The minimum absolute atomic E-state index is 0.160. The Kier molecular flexibility index (Phi) is 6.31. The van der Waals surface area contributed by atoms with Crippen molar-refractivity contribution in [2.24, 2.45) is 0 Å². The molecule has 128 valence electrons. The summed E-state index contributed by atoms with van der Waals surface area (Å²) in [5, 5.41) is 5.52.